The number of aromatic nitrogens is 2. The topological polar surface area (TPSA) is 101 Å². The van der Waals surface area contributed by atoms with Gasteiger partial charge >= 0.3 is 5.97 Å². The Hall–Kier alpha value is -2.22. The van der Waals surface area contributed by atoms with E-state index in [9.17, 15) is 14.4 Å². The number of nitrogens with zero attached hydrogens (tertiary/aromatic N) is 1. The second kappa shape index (κ2) is 6.49. The minimum Gasteiger partial charge on any atom is -0.466 e. The van der Waals surface area contributed by atoms with E-state index in [1.165, 1.54) is 6.33 Å². The quantitative estimate of drug-likeness (QED) is 0.802. The summed E-state index contributed by atoms with van der Waals surface area (Å²) in [5.74, 6) is -0.678. The molecule has 2 N–H and O–H groups in total. The highest BCUT2D eigenvalue weighted by Crippen LogP contribution is 2.26. The third-order valence-corrected chi connectivity index (χ3v) is 4.06. The van der Waals surface area contributed by atoms with Crippen LogP contribution in [0.2, 0.25) is 0 Å². The lowest BCUT2D eigenvalue weighted by Crippen LogP contribution is -2.26. The van der Waals surface area contributed by atoms with E-state index in [-0.39, 0.29) is 30.4 Å². The molecule has 0 aliphatic carbocycles. The first-order chi connectivity index (χ1) is 10.0. The van der Waals surface area contributed by atoms with Gasteiger partial charge in [0.15, 0.2) is 0 Å². The molecule has 7 nitrogen and oxygen atoms in total. The Bertz CT molecular complexity index is 735. The van der Waals surface area contributed by atoms with Crippen molar-refractivity contribution in [3.05, 3.63) is 27.1 Å². The van der Waals surface area contributed by atoms with Crippen LogP contribution < -0.4 is 10.9 Å². The van der Waals surface area contributed by atoms with E-state index < -0.39 is 0 Å². The average Bonchev–Trinajstić information content (AvgIpc) is 2.78. The number of rotatable bonds is 5. The Balaban J connectivity index is 2.10. The number of carbonyl (C=O) groups excluding carboxylic acids is 2. The van der Waals surface area contributed by atoms with Crippen LogP contribution in [0.5, 0.6) is 0 Å². The number of fused-ring (bicyclic) bond motifs is 1. The normalized spacial score (nSPS) is 10.6. The average molecular weight is 309 g/mol. The molecule has 0 atom stereocenters. The maximum atomic E-state index is 12.1. The van der Waals surface area contributed by atoms with Crippen molar-refractivity contribution < 1.29 is 14.3 Å². The molecule has 0 aliphatic heterocycles. The molecule has 8 heteroatoms. The van der Waals surface area contributed by atoms with Crippen molar-refractivity contribution in [1.82, 2.24) is 15.3 Å². The van der Waals surface area contributed by atoms with Gasteiger partial charge in [-0.15, -0.1) is 11.3 Å². The van der Waals surface area contributed by atoms with Gasteiger partial charge in [0, 0.05) is 6.54 Å². The van der Waals surface area contributed by atoms with Gasteiger partial charge in [-0.25, -0.2) is 4.98 Å². The molecule has 0 saturated heterocycles. The lowest BCUT2D eigenvalue weighted by Gasteiger charge is -2.04. The zero-order valence-corrected chi connectivity index (χ0v) is 12.5. The molecule has 0 saturated carbocycles. The van der Waals surface area contributed by atoms with Gasteiger partial charge in [-0.2, -0.15) is 0 Å². The van der Waals surface area contributed by atoms with Crippen LogP contribution in [0.1, 0.15) is 28.6 Å². The van der Waals surface area contributed by atoms with Crippen molar-refractivity contribution in [2.75, 3.05) is 13.2 Å². The summed E-state index contributed by atoms with van der Waals surface area (Å²) in [4.78, 5) is 42.5. The van der Waals surface area contributed by atoms with Crippen molar-refractivity contribution in [3.63, 3.8) is 0 Å². The molecule has 2 heterocycles. The first-order valence-electron chi connectivity index (χ1n) is 6.45. The molecule has 0 fully saturated rings. The molecule has 2 aromatic heterocycles. The Kier molecular flexibility index (Phi) is 4.69. The highest BCUT2D eigenvalue weighted by Gasteiger charge is 2.18. The summed E-state index contributed by atoms with van der Waals surface area (Å²) in [5.41, 5.74) is 0.331. The van der Waals surface area contributed by atoms with Gasteiger partial charge in [0.05, 0.1) is 29.6 Å². The number of hydrogen-bond acceptors (Lipinski definition) is 6. The van der Waals surface area contributed by atoms with Crippen LogP contribution in [0.4, 0.5) is 0 Å². The van der Waals surface area contributed by atoms with Crippen molar-refractivity contribution in [3.8, 4) is 0 Å². The summed E-state index contributed by atoms with van der Waals surface area (Å²) in [6, 6.07) is 0. The van der Waals surface area contributed by atoms with Gasteiger partial charge in [0.1, 0.15) is 4.83 Å². The summed E-state index contributed by atoms with van der Waals surface area (Å²) in [5, 5.41) is 3.07. The van der Waals surface area contributed by atoms with Gasteiger partial charge in [-0.3, -0.25) is 14.4 Å². The second-order valence-corrected chi connectivity index (χ2v) is 5.28. The zero-order chi connectivity index (χ0) is 15.4. The molecule has 0 bridgehead atoms. The number of H-pyrrole nitrogens is 1. The molecule has 2 rings (SSSR count). The summed E-state index contributed by atoms with van der Waals surface area (Å²) >= 11 is 1.16. The van der Waals surface area contributed by atoms with Crippen LogP contribution in [0, 0.1) is 6.92 Å². The highest BCUT2D eigenvalue weighted by atomic mass is 32.1. The number of aryl methyl sites for hydroxylation is 1. The molecule has 0 aliphatic rings. The zero-order valence-electron chi connectivity index (χ0n) is 11.7. The molecule has 1 amide bonds. The number of nitrogens with one attached hydrogen (secondary N) is 2. The maximum absolute atomic E-state index is 12.1. The van der Waals surface area contributed by atoms with Crippen LogP contribution >= 0.6 is 11.3 Å². The van der Waals surface area contributed by atoms with Crippen molar-refractivity contribution in [1.29, 1.82) is 0 Å². The Morgan fingerprint density at radius 1 is 1.48 bits per heavy atom. The molecule has 0 radical (unpaired) electrons. The minimum absolute atomic E-state index is 0.113. The fourth-order valence-electron chi connectivity index (χ4n) is 1.89. The number of aromatic amines is 1. The Morgan fingerprint density at radius 3 is 2.90 bits per heavy atom. The van der Waals surface area contributed by atoms with Gasteiger partial charge < -0.3 is 15.0 Å². The van der Waals surface area contributed by atoms with E-state index in [1.807, 2.05) is 0 Å². The smallest absolute Gasteiger partial charge is 0.307 e. The molecule has 0 aromatic carbocycles. The predicted molar refractivity (Wildman–Crippen MR) is 78.6 cm³/mol. The number of thiophene rings is 1. The summed E-state index contributed by atoms with van der Waals surface area (Å²) in [7, 11) is 0. The van der Waals surface area contributed by atoms with Gasteiger partial charge in [0.25, 0.3) is 11.5 Å². The van der Waals surface area contributed by atoms with Gasteiger partial charge in [-0.05, 0) is 19.4 Å². The fraction of sp³-hybridized carbons (Fsp3) is 0.385. The Labute approximate surface area is 124 Å². The van der Waals surface area contributed by atoms with Gasteiger partial charge in [0.2, 0.25) is 0 Å². The lowest BCUT2D eigenvalue weighted by molar-refractivity contribution is -0.142. The number of carbonyl (C=O) groups is 2. The standard InChI is InChI=1S/C13H15N3O4S/c1-3-20-8(17)4-5-14-12(19)10-7(2)9-11(18)15-6-16-13(9)21-10/h6H,3-5H2,1-2H3,(H,14,19)(H,15,16,18). The predicted octanol–water partition coefficient (Wildman–Crippen LogP) is 0.976. The molecule has 21 heavy (non-hydrogen) atoms. The molecular weight excluding hydrogens is 294 g/mol. The van der Waals surface area contributed by atoms with Crippen LogP contribution in [-0.2, 0) is 9.53 Å². The van der Waals surface area contributed by atoms with Crippen LogP contribution in [0.15, 0.2) is 11.1 Å². The van der Waals surface area contributed by atoms with E-state index in [0.717, 1.165) is 11.3 Å². The van der Waals surface area contributed by atoms with E-state index in [1.54, 1.807) is 13.8 Å². The third kappa shape index (κ3) is 3.27. The van der Waals surface area contributed by atoms with Gasteiger partial charge in [-0.1, -0.05) is 0 Å². The van der Waals surface area contributed by atoms with Crippen molar-refractivity contribution in [2.24, 2.45) is 0 Å². The minimum atomic E-state index is -0.357. The molecule has 2 aromatic rings. The molecule has 112 valence electrons. The summed E-state index contributed by atoms with van der Waals surface area (Å²) < 4.78 is 4.77. The number of ether oxygens (including phenoxy) is 1. The number of hydrogen-bond donors (Lipinski definition) is 2. The second-order valence-electron chi connectivity index (χ2n) is 4.28. The van der Waals surface area contributed by atoms with Crippen LogP contribution in [-0.4, -0.2) is 35.0 Å². The number of amides is 1. The highest BCUT2D eigenvalue weighted by molar-refractivity contribution is 7.20. The van der Waals surface area contributed by atoms with Crippen LogP contribution in [0.3, 0.4) is 0 Å². The SMILES string of the molecule is CCOC(=O)CCNC(=O)c1sc2nc[nH]c(=O)c2c1C. The summed E-state index contributed by atoms with van der Waals surface area (Å²) in [6.07, 6.45) is 1.42. The summed E-state index contributed by atoms with van der Waals surface area (Å²) in [6.45, 7) is 3.93. The van der Waals surface area contributed by atoms with Crippen molar-refractivity contribution in [2.45, 2.75) is 20.3 Å². The molecule has 0 unspecified atom stereocenters. The fourth-order valence-corrected chi connectivity index (χ4v) is 2.95. The first-order valence-corrected chi connectivity index (χ1v) is 7.26. The van der Waals surface area contributed by atoms with Crippen LogP contribution in [0.25, 0.3) is 10.2 Å². The van der Waals surface area contributed by atoms with E-state index in [4.69, 9.17) is 4.74 Å². The largest absolute Gasteiger partial charge is 0.466 e. The lowest BCUT2D eigenvalue weighted by atomic mass is 10.2. The molecule has 0 spiro atoms. The van der Waals surface area contributed by atoms with E-state index >= 15 is 0 Å². The van der Waals surface area contributed by atoms with E-state index in [2.05, 4.69) is 15.3 Å². The Morgan fingerprint density at radius 2 is 2.24 bits per heavy atom. The van der Waals surface area contributed by atoms with E-state index in [0.29, 0.717) is 27.3 Å². The first kappa shape index (κ1) is 15.2. The number of esters is 1. The monoisotopic (exact) mass is 309 g/mol. The van der Waals surface area contributed by atoms with Crippen molar-refractivity contribution >= 4 is 33.4 Å². The third-order valence-electron chi connectivity index (χ3n) is 2.86. The maximum Gasteiger partial charge on any atom is 0.307 e. The molecular formula is C13H15N3O4S.